The number of aryl methyl sites for hydroxylation is 2. The lowest BCUT2D eigenvalue weighted by Gasteiger charge is -2.34. The van der Waals surface area contributed by atoms with E-state index in [1.807, 2.05) is 30.9 Å². The molecular weight excluding hydrogens is 374 g/mol. The third-order valence-corrected chi connectivity index (χ3v) is 5.99. The summed E-state index contributed by atoms with van der Waals surface area (Å²) < 4.78 is 4.73. The summed E-state index contributed by atoms with van der Waals surface area (Å²) in [4.78, 5) is 31.1. The third-order valence-electron chi connectivity index (χ3n) is 5.15. The molecule has 0 atom stereocenters. The molecular formula is C21H27N3O3S. The van der Waals surface area contributed by atoms with Crippen molar-refractivity contribution >= 4 is 29.0 Å². The van der Waals surface area contributed by atoms with Crippen molar-refractivity contribution in [3.05, 3.63) is 45.4 Å². The number of urea groups is 1. The number of ether oxygens (including phenoxy) is 1. The minimum absolute atomic E-state index is 0.117. The van der Waals surface area contributed by atoms with Crippen LogP contribution in [0.2, 0.25) is 0 Å². The number of aromatic nitrogens is 1. The third kappa shape index (κ3) is 4.90. The number of carbonyl (C=O) groups is 2. The molecule has 7 heteroatoms. The van der Waals surface area contributed by atoms with Crippen LogP contribution in [0, 0.1) is 13.8 Å². The Labute approximate surface area is 169 Å². The Bertz CT molecular complexity index is 843. The number of hydrogen-bond acceptors (Lipinski definition) is 5. The fourth-order valence-corrected chi connectivity index (χ4v) is 4.39. The summed E-state index contributed by atoms with van der Waals surface area (Å²) in [5, 5.41) is 5.49. The minimum atomic E-state index is -0.452. The Hall–Kier alpha value is -2.41. The maximum Gasteiger partial charge on any atom is 0.357 e. The molecule has 0 unspecified atom stereocenters. The van der Waals surface area contributed by atoms with Crippen molar-refractivity contribution in [3.8, 4) is 0 Å². The van der Waals surface area contributed by atoms with Gasteiger partial charge in [0.25, 0.3) is 0 Å². The van der Waals surface area contributed by atoms with E-state index in [1.54, 1.807) is 5.38 Å². The second kappa shape index (κ2) is 9.19. The van der Waals surface area contributed by atoms with Crippen molar-refractivity contribution < 1.29 is 14.3 Å². The first kappa shape index (κ1) is 20.3. The number of hydrogen-bond donors (Lipinski definition) is 1. The monoisotopic (exact) mass is 401 g/mol. The zero-order chi connectivity index (χ0) is 20.1. The standard InChI is InChI=1S/C21H27N3O3S/c1-14-9-10-17(15(2)11-14)23-21(26)24(16-7-5-4-6-8-16)12-19-22-18(13-28-19)20(25)27-3/h9-11,13,16H,4-8,12H2,1-3H3,(H,23,26). The van der Waals surface area contributed by atoms with Gasteiger partial charge in [-0.2, -0.15) is 0 Å². The molecule has 150 valence electrons. The fourth-order valence-electron chi connectivity index (χ4n) is 3.63. The number of rotatable bonds is 5. The highest BCUT2D eigenvalue weighted by Gasteiger charge is 2.27. The molecule has 2 aromatic rings. The van der Waals surface area contributed by atoms with Crippen LogP contribution in [-0.2, 0) is 11.3 Å². The number of anilines is 1. The van der Waals surface area contributed by atoms with Crippen LogP contribution >= 0.6 is 11.3 Å². The normalized spacial score (nSPS) is 14.5. The number of nitrogens with zero attached hydrogens (tertiary/aromatic N) is 2. The van der Waals surface area contributed by atoms with Gasteiger partial charge in [-0.25, -0.2) is 14.6 Å². The van der Waals surface area contributed by atoms with Crippen LogP contribution in [0.5, 0.6) is 0 Å². The molecule has 0 radical (unpaired) electrons. The van der Waals surface area contributed by atoms with Gasteiger partial charge in [-0.05, 0) is 38.3 Å². The smallest absolute Gasteiger partial charge is 0.357 e. The van der Waals surface area contributed by atoms with Crippen molar-refractivity contribution in [3.63, 3.8) is 0 Å². The molecule has 6 nitrogen and oxygen atoms in total. The average molecular weight is 402 g/mol. The Morgan fingerprint density at radius 3 is 2.68 bits per heavy atom. The van der Waals surface area contributed by atoms with Gasteiger partial charge in [0.05, 0.1) is 13.7 Å². The van der Waals surface area contributed by atoms with Gasteiger partial charge in [0.15, 0.2) is 5.69 Å². The van der Waals surface area contributed by atoms with Gasteiger partial charge in [-0.1, -0.05) is 37.0 Å². The van der Waals surface area contributed by atoms with Crippen LogP contribution in [-0.4, -0.2) is 35.0 Å². The largest absolute Gasteiger partial charge is 0.464 e. The maximum atomic E-state index is 13.2. The highest BCUT2D eigenvalue weighted by molar-refractivity contribution is 7.09. The number of methoxy groups -OCH3 is 1. The van der Waals surface area contributed by atoms with Gasteiger partial charge in [0.2, 0.25) is 0 Å². The molecule has 1 aliphatic rings. The molecule has 0 aliphatic heterocycles. The van der Waals surface area contributed by atoms with Gasteiger partial charge < -0.3 is 15.0 Å². The van der Waals surface area contributed by atoms with Gasteiger partial charge in [-0.3, -0.25) is 0 Å². The topological polar surface area (TPSA) is 71.5 Å². The molecule has 1 aromatic heterocycles. The first-order chi connectivity index (χ1) is 13.5. The van der Waals surface area contributed by atoms with E-state index in [2.05, 4.69) is 16.4 Å². The molecule has 0 spiro atoms. The Morgan fingerprint density at radius 1 is 1.25 bits per heavy atom. The second-order valence-corrected chi connectivity index (χ2v) is 8.23. The SMILES string of the molecule is COC(=O)c1csc(CN(C(=O)Nc2ccc(C)cc2C)C2CCCCC2)n1. The summed E-state index contributed by atoms with van der Waals surface area (Å²) in [5.41, 5.74) is 3.32. The molecule has 1 aromatic carbocycles. The first-order valence-electron chi connectivity index (χ1n) is 9.65. The maximum absolute atomic E-state index is 13.2. The summed E-state index contributed by atoms with van der Waals surface area (Å²) >= 11 is 1.38. The summed E-state index contributed by atoms with van der Waals surface area (Å²) in [6.07, 6.45) is 5.46. The van der Waals surface area contributed by atoms with Crippen molar-refractivity contribution in [2.75, 3.05) is 12.4 Å². The van der Waals surface area contributed by atoms with Crippen LogP contribution in [0.15, 0.2) is 23.6 Å². The van der Waals surface area contributed by atoms with Crippen LogP contribution in [0.3, 0.4) is 0 Å². The van der Waals surface area contributed by atoms with E-state index >= 15 is 0 Å². The van der Waals surface area contributed by atoms with E-state index in [0.717, 1.165) is 47.5 Å². The predicted molar refractivity (Wildman–Crippen MR) is 111 cm³/mol. The van der Waals surface area contributed by atoms with Gasteiger partial charge >= 0.3 is 12.0 Å². The highest BCUT2D eigenvalue weighted by atomic mass is 32.1. The quantitative estimate of drug-likeness (QED) is 0.722. The lowest BCUT2D eigenvalue weighted by molar-refractivity contribution is 0.0594. The molecule has 1 heterocycles. The van der Waals surface area contributed by atoms with Crippen molar-refractivity contribution in [1.29, 1.82) is 0 Å². The predicted octanol–water partition coefficient (Wildman–Crippen LogP) is 4.91. The number of amides is 2. The summed E-state index contributed by atoms with van der Waals surface area (Å²) in [7, 11) is 1.34. The molecule has 1 N–H and O–H groups in total. The van der Waals surface area contributed by atoms with Crippen LogP contribution in [0.25, 0.3) is 0 Å². The van der Waals surface area contributed by atoms with Crippen molar-refractivity contribution in [1.82, 2.24) is 9.88 Å². The first-order valence-corrected chi connectivity index (χ1v) is 10.5. The van der Waals surface area contributed by atoms with Crippen molar-refractivity contribution in [2.45, 2.75) is 58.5 Å². The number of thiazole rings is 1. The summed E-state index contributed by atoms with van der Waals surface area (Å²) in [6, 6.07) is 6.07. The molecule has 1 aliphatic carbocycles. The molecule has 1 saturated carbocycles. The second-order valence-electron chi connectivity index (χ2n) is 7.29. The fraction of sp³-hybridized carbons (Fsp3) is 0.476. The number of benzene rings is 1. The molecule has 28 heavy (non-hydrogen) atoms. The van der Waals surface area contributed by atoms with E-state index in [1.165, 1.54) is 24.9 Å². The zero-order valence-electron chi connectivity index (χ0n) is 16.7. The Morgan fingerprint density at radius 2 is 2.00 bits per heavy atom. The summed E-state index contributed by atoms with van der Waals surface area (Å²) in [5.74, 6) is -0.452. The van der Waals surface area contributed by atoms with Crippen LogP contribution in [0.1, 0.15) is 58.7 Å². The average Bonchev–Trinajstić information content (AvgIpc) is 3.17. The zero-order valence-corrected chi connectivity index (χ0v) is 17.5. The number of nitrogens with one attached hydrogen (secondary N) is 1. The molecule has 1 fully saturated rings. The number of esters is 1. The summed E-state index contributed by atoms with van der Waals surface area (Å²) in [6.45, 7) is 4.42. The number of carbonyl (C=O) groups excluding carboxylic acids is 2. The lowest BCUT2D eigenvalue weighted by Crippen LogP contribution is -2.43. The van der Waals surface area contributed by atoms with Crippen molar-refractivity contribution in [2.24, 2.45) is 0 Å². The van der Waals surface area contributed by atoms with E-state index in [0.29, 0.717) is 12.2 Å². The highest BCUT2D eigenvalue weighted by Crippen LogP contribution is 2.26. The molecule has 0 saturated heterocycles. The van der Waals surface area contributed by atoms with E-state index in [-0.39, 0.29) is 12.1 Å². The Kier molecular flexibility index (Phi) is 6.67. The van der Waals surface area contributed by atoms with Crippen LogP contribution in [0.4, 0.5) is 10.5 Å². The van der Waals surface area contributed by atoms with E-state index < -0.39 is 5.97 Å². The molecule has 2 amide bonds. The van der Waals surface area contributed by atoms with Crippen LogP contribution < -0.4 is 5.32 Å². The van der Waals surface area contributed by atoms with Gasteiger partial charge in [0.1, 0.15) is 5.01 Å². The lowest BCUT2D eigenvalue weighted by atomic mass is 9.94. The minimum Gasteiger partial charge on any atom is -0.464 e. The van der Waals surface area contributed by atoms with E-state index in [9.17, 15) is 9.59 Å². The van der Waals surface area contributed by atoms with E-state index in [4.69, 9.17) is 4.74 Å². The van der Waals surface area contributed by atoms with Gasteiger partial charge in [-0.15, -0.1) is 11.3 Å². The molecule has 0 bridgehead atoms. The Balaban J connectivity index is 1.78. The molecule has 3 rings (SSSR count). The van der Waals surface area contributed by atoms with Gasteiger partial charge in [0, 0.05) is 17.1 Å².